The molecule has 31 heavy (non-hydrogen) atoms. The van der Waals surface area contributed by atoms with Crippen LogP contribution in [0.1, 0.15) is 110 Å². The summed E-state index contributed by atoms with van der Waals surface area (Å²) in [6.07, 6.45) is 14.0. The number of unbranched alkanes of at least 4 members (excludes halogenated alkanes) is 15. The SMILES string of the molecule is CCCCCCCCCCCCCCCCCCNC(=O)C(O)[C@H]1OC(=O)[C@@H](O)[C@H]1O. The number of carbonyl (C=O) groups is 2. The molecule has 0 bridgehead atoms. The highest BCUT2D eigenvalue weighted by Crippen LogP contribution is 2.19. The number of ether oxygens (including phenoxy) is 1. The molecule has 4 atom stereocenters. The Morgan fingerprint density at radius 1 is 0.839 bits per heavy atom. The zero-order chi connectivity index (χ0) is 22.9. The maximum Gasteiger partial charge on any atom is 0.338 e. The van der Waals surface area contributed by atoms with Crippen LogP contribution in [0, 0.1) is 0 Å². The summed E-state index contributed by atoms with van der Waals surface area (Å²) in [4.78, 5) is 23.1. The van der Waals surface area contributed by atoms with Crippen LogP contribution in [0.25, 0.3) is 0 Å². The molecular formula is C24H45NO6. The number of hydrogen-bond acceptors (Lipinski definition) is 6. The lowest BCUT2D eigenvalue weighted by atomic mass is 10.0. The summed E-state index contributed by atoms with van der Waals surface area (Å²) in [7, 11) is 0. The molecule has 0 aromatic heterocycles. The molecule has 7 nitrogen and oxygen atoms in total. The number of esters is 1. The average Bonchev–Trinajstić information content (AvgIpc) is 3.02. The number of aliphatic hydroxyl groups excluding tert-OH is 3. The van der Waals surface area contributed by atoms with E-state index in [-0.39, 0.29) is 0 Å². The standard InChI is InChI=1S/C24H45NO6/c1-2-3-4-5-6-7-8-9-10-11-12-13-14-15-16-17-18-25-23(29)21(28)22-19(26)20(27)24(30)31-22/h19-22,26-28H,2-18H2,1H3,(H,25,29)/t19-,20+,21?,22+/m1/s1. The quantitative estimate of drug-likeness (QED) is 0.180. The van der Waals surface area contributed by atoms with Crippen molar-refractivity contribution in [2.24, 2.45) is 0 Å². The number of rotatable bonds is 19. The Morgan fingerprint density at radius 2 is 1.26 bits per heavy atom. The molecule has 1 heterocycles. The number of nitrogens with one attached hydrogen (secondary N) is 1. The first-order chi connectivity index (χ1) is 15.0. The van der Waals surface area contributed by atoms with E-state index in [1.807, 2.05) is 0 Å². The highest BCUT2D eigenvalue weighted by molar-refractivity contribution is 5.84. The van der Waals surface area contributed by atoms with Crippen molar-refractivity contribution in [3.8, 4) is 0 Å². The predicted octanol–water partition coefficient (Wildman–Crippen LogP) is 3.37. The second-order valence-electron chi connectivity index (χ2n) is 8.88. The molecular weight excluding hydrogens is 398 g/mol. The molecule has 0 aromatic carbocycles. The summed E-state index contributed by atoms with van der Waals surface area (Å²) in [6.45, 7) is 2.68. The van der Waals surface area contributed by atoms with Gasteiger partial charge in [0.25, 0.3) is 5.91 Å². The average molecular weight is 444 g/mol. The first kappa shape index (κ1) is 27.9. The minimum atomic E-state index is -1.72. The van der Waals surface area contributed by atoms with Crippen molar-refractivity contribution in [2.45, 2.75) is 134 Å². The third kappa shape index (κ3) is 11.9. The van der Waals surface area contributed by atoms with Crippen LogP contribution in [0.3, 0.4) is 0 Å². The number of carbonyl (C=O) groups excluding carboxylic acids is 2. The van der Waals surface area contributed by atoms with E-state index in [2.05, 4.69) is 17.0 Å². The fraction of sp³-hybridized carbons (Fsp3) is 0.917. The maximum absolute atomic E-state index is 11.9. The van der Waals surface area contributed by atoms with Gasteiger partial charge in [-0.05, 0) is 6.42 Å². The van der Waals surface area contributed by atoms with Crippen LogP contribution < -0.4 is 5.32 Å². The van der Waals surface area contributed by atoms with Crippen molar-refractivity contribution in [1.82, 2.24) is 5.32 Å². The third-order valence-electron chi connectivity index (χ3n) is 6.06. The van der Waals surface area contributed by atoms with Gasteiger partial charge in [0.05, 0.1) is 0 Å². The summed E-state index contributed by atoms with van der Waals surface area (Å²) < 4.78 is 4.66. The molecule has 1 amide bonds. The van der Waals surface area contributed by atoms with Crippen molar-refractivity contribution in [3.63, 3.8) is 0 Å². The van der Waals surface area contributed by atoms with E-state index in [9.17, 15) is 24.9 Å². The maximum atomic E-state index is 11.9. The van der Waals surface area contributed by atoms with Gasteiger partial charge in [0.15, 0.2) is 18.3 Å². The van der Waals surface area contributed by atoms with Gasteiger partial charge in [-0.25, -0.2) is 4.79 Å². The van der Waals surface area contributed by atoms with Crippen molar-refractivity contribution in [3.05, 3.63) is 0 Å². The first-order valence-electron chi connectivity index (χ1n) is 12.5. The van der Waals surface area contributed by atoms with Crippen LogP contribution in [0.4, 0.5) is 0 Å². The van der Waals surface area contributed by atoms with Crippen molar-refractivity contribution in [2.75, 3.05) is 6.54 Å². The molecule has 7 heteroatoms. The number of amides is 1. The summed E-state index contributed by atoms with van der Waals surface area (Å²) in [6, 6.07) is 0. The molecule has 182 valence electrons. The Balaban J connectivity index is 1.86. The lowest BCUT2D eigenvalue weighted by molar-refractivity contribution is -0.153. The molecule has 0 aromatic rings. The van der Waals surface area contributed by atoms with E-state index in [0.717, 1.165) is 19.3 Å². The van der Waals surface area contributed by atoms with Crippen molar-refractivity contribution >= 4 is 11.9 Å². The van der Waals surface area contributed by atoms with Gasteiger partial charge in [-0.15, -0.1) is 0 Å². The van der Waals surface area contributed by atoms with Gasteiger partial charge in [0.1, 0.15) is 6.10 Å². The summed E-state index contributed by atoms with van der Waals surface area (Å²) in [5.74, 6) is -1.73. The van der Waals surface area contributed by atoms with E-state index >= 15 is 0 Å². The molecule has 1 saturated heterocycles. The monoisotopic (exact) mass is 443 g/mol. The number of hydrogen-bond donors (Lipinski definition) is 4. The Hall–Kier alpha value is -1.18. The van der Waals surface area contributed by atoms with Gasteiger partial charge in [-0.2, -0.15) is 0 Å². The third-order valence-corrected chi connectivity index (χ3v) is 6.06. The summed E-state index contributed by atoms with van der Waals surface area (Å²) >= 11 is 0. The lowest BCUT2D eigenvalue weighted by Gasteiger charge is -2.19. The zero-order valence-electron chi connectivity index (χ0n) is 19.4. The van der Waals surface area contributed by atoms with E-state index in [1.54, 1.807) is 0 Å². The van der Waals surface area contributed by atoms with E-state index in [0.29, 0.717) is 6.54 Å². The Bertz CT molecular complexity index is 487. The van der Waals surface area contributed by atoms with E-state index in [1.165, 1.54) is 83.5 Å². The molecule has 0 saturated carbocycles. The largest absolute Gasteiger partial charge is 0.454 e. The summed E-state index contributed by atoms with van der Waals surface area (Å²) in [5.41, 5.74) is 0. The van der Waals surface area contributed by atoms with E-state index < -0.39 is 36.3 Å². The zero-order valence-corrected chi connectivity index (χ0v) is 19.4. The van der Waals surface area contributed by atoms with Crippen molar-refractivity contribution < 1.29 is 29.6 Å². The lowest BCUT2D eigenvalue weighted by Crippen LogP contribution is -2.47. The minimum absolute atomic E-state index is 0.424. The summed E-state index contributed by atoms with van der Waals surface area (Å²) in [5, 5.41) is 31.4. The Labute approximate surface area is 187 Å². The van der Waals surface area contributed by atoms with Crippen LogP contribution in [-0.4, -0.2) is 58.2 Å². The van der Waals surface area contributed by atoms with Gasteiger partial charge >= 0.3 is 5.97 Å². The smallest absolute Gasteiger partial charge is 0.338 e. The first-order valence-corrected chi connectivity index (χ1v) is 12.5. The molecule has 1 fully saturated rings. The highest BCUT2D eigenvalue weighted by atomic mass is 16.6. The normalized spacial score (nSPS) is 21.8. The molecule has 4 N–H and O–H groups in total. The van der Waals surface area contributed by atoms with Gasteiger partial charge < -0.3 is 25.4 Å². The number of aliphatic hydroxyl groups is 3. The van der Waals surface area contributed by atoms with Crippen LogP contribution in [-0.2, 0) is 14.3 Å². The Morgan fingerprint density at radius 3 is 1.65 bits per heavy atom. The van der Waals surface area contributed by atoms with Gasteiger partial charge in [-0.1, -0.05) is 103 Å². The van der Waals surface area contributed by atoms with E-state index in [4.69, 9.17) is 0 Å². The van der Waals surface area contributed by atoms with Gasteiger partial charge in [0, 0.05) is 6.54 Å². The molecule has 1 rings (SSSR count). The fourth-order valence-electron chi connectivity index (χ4n) is 3.98. The fourth-order valence-corrected chi connectivity index (χ4v) is 3.98. The van der Waals surface area contributed by atoms with Crippen LogP contribution >= 0.6 is 0 Å². The molecule has 0 radical (unpaired) electrons. The molecule has 0 aliphatic carbocycles. The van der Waals surface area contributed by atoms with Crippen LogP contribution in [0.5, 0.6) is 0 Å². The van der Waals surface area contributed by atoms with Gasteiger partial charge in [0.2, 0.25) is 0 Å². The highest BCUT2D eigenvalue weighted by Gasteiger charge is 2.48. The minimum Gasteiger partial charge on any atom is -0.454 e. The number of cyclic esters (lactones) is 1. The van der Waals surface area contributed by atoms with Gasteiger partial charge in [-0.3, -0.25) is 4.79 Å². The molecule has 0 spiro atoms. The molecule has 1 aliphatic rings. The second kappa shape index (κ2) is 17.4. The second-order valence-corrected chi connectivity index (χ2v) is 8.88. The van der Waals surface area contributed by atoms with Crippen LogP contribution in [0.2, 0.25) is 0 Å². The van der Waals surface area contributed by atoms with Crippen molar-refractivity contribution in [1.29, 1.82) is 0 Å². The Kier molecular flexibility index (Phi) is 15.6. The van der Waals surface area contributed by atoms with Crippen LogP contribution in [0.15, 0.2) is 0 Å². The predicted molar refractivity (Wildman–Crippen MR) is 120 cm³/mol. The molecule has 1 aliphatic heterocycles. The topological polar surface area (TPSA) is 116 Å². The molecule has 1 unspecified atom stereocenters.